The summed E-state index contributed by atoms with van der Waals surface area (Å²) < 4.78 is 5.27. The van der Waals surface area contributed by atoms with Crippen LogP contribution in [0.5, 0.6) is 5.75 Å². The third kappa shape index (κ3) is 1.82. The van der Waals surface area contributed by atoms with E-state index in [2.05, 4.69) is 4.98 Å². The SMILES string of the molecule is COc1ccccc1-c1cncc(Cl)c1N. The highest BCUT2D eigenvalue weighted by Crippen LogP contribution is 2.35. The molecular weight excluding hydrogens is 224 g/mol. The van der Waals surface area contributed by atoms with Crippen molar-refractivity contribution in [2.45, 2.75) is 0 Å². The molecule has 1 aromatic carbocycles. The zero-order chi connectivity index (χ0) is 11.5. The molecule has 0 aliphatic carbocycles. The highest BCUT2D eigenvalue weighted by molar-refractivity contribution is 6.33. The quantitative estimate of drug-likeness (QED) is 0.869. The van der Waals surface area contributed by atoms with E-state index >= 15 is 0 Å². The number of anilines is 1. The topological polar surface area (TPSA) is 48.1 Å². The van der Waals surface area contributed by atoms with Crippen LogP contribution >= 0.6 is 11.6 Å². The van der Waals surface area contributed by atoms with Gasteiger partial charge in [0.05, 0.1) is 17.8 Å². The minimum atomic E-state index is 0.448. The van der Waals surface area contributed by atoms with Crippen molar-refractivity contribution >= 4 is 17.3 Å². The molecule has 0 atom stereocenters. The number of nitrogens with zero attached hydrogens (tertiary/aromatic N) is 1. The maximum atomic E-state index is 5.93. The van der Waals surface area contributed by atoms with Gasteiger partial charge in [-0.05, 0) is 6.07 Å². The van der Waals surface area contributed by atoms with Crippen molar-refractivity contribution in [1.82, 2.24) is 4.98 Å². The lowest BCUT2D eigenvalue weighted by molar-refractivity contribution is 0.416. The molecule has 0 spiro atoms. The molecular formula is C12H11ClN2O. The highest BCUT2D eigenvalue weighted by Gasteiger charge is 2.10. The molecule has 0 saturated carbocycles. The maximum absolute atomic E-state index is 5.93. The van der Waals surface area contributed by atoms with Crippen LogP contribution in [-0.2, 0) is 0 Å². The number of halogens is 1. The Hall–Kier alpha value is -1.74. The number of methoxy groups -OCH3 is 1. The molecule has 2 rings (SSSR count). The van der Waals surface area contributed by atoms with Crippen molar-refractivity contribution in [1.29, 1.82) is 0 Å². The Morgan fingerprint density at radius 2 is 1.94 bits per heavy atom. The van der Waals surface area contributed by atoms with Gasteiger partial charge in [0, 0.05) is 23.5 Å². The van der Waals surface area contributed by atoms with Crippen molar-refractivity contribution in [2.75, 3.05) is 12.8 Å². The molecule has 0 bridgehead atoms. The fourth-order valence-electron chi connectivity index (χ4n) is 1.53. The van der Waals surface area contributed by atoms with Gasteiger partial charge >= 0.3 is 0 Å². The monoisotopic (exact) mass is 234 g/mol. The fourth-order valence-corrected chi connectivity index (χ4v) is 1.68. The van der Waals surface area contributed by atoms with Crippen molar-refractivity contribution in [2.24, 2.45) is 0 Å². The first-order valence-electron chi connectivity index (χ1n) is 4.76. The Morgan fingerprint density at radius 3 is 2.69 bits per heavy atom. The molecule has 0 aliphatic rings. The summed E-state index contributed by atoms with van der Waals surface area (Å²) in [6.45, 7) is 0. The van der Waals surface area contributed by atoms with E-state index in [1.807, 2.05) is 24.3 Å². The standard InChI is InChI=1S/C12H11ClN2O/c1-16-11-5-3-2-4-8(11)9-6-15-7-10(13)12(9)14/h2-7H,1H3,(H2,14,15). The van der Waals surface area contributed by atoms with Crippen molar-refractivity contribution in [3.05, 3.63) is 41.7 Å². The molecule has 16 heavy (non-hydrogen) atoms. The second-order valence-corrected chi connectivity index (χ2v) is 3.69. The number of benzene rings is 1. The van der Waals surface area contributed by atoms with E-state index < -0.39 is 0 Å². The third-order valence-corrected chi connectivity index (χ3v) is 2.64. The van der Waals surface area contributed by atoms with E-state index in [1.165, 1.54) is 6.20 Å². The van der Waals surface area contributed by atoms with Gasteiger partial charge in [-0.25, -0.2) is 0 Å². The molecule has 0 radical (unpaired) electrons. The van der Waals surface area contributed by atoms with Gasteiger partial charge in [-0.3, -0.25) is 4.98 Å². The second kappa shape index (κ2) is 4.41. The van der Waals surface area contributed by atoms with Crippen LogP contribution < -0.4 is 10.5 Å². The summed E-state index contributed by atoms with van der Waals surface area (Å²) in [7, 11) is 1.62. The van der Waals surface area contributed by atoms with Gasteiger partial charge in [-0.2, -0.15) is 0 Å². The summed E-state index contributed by atoms with van der Waals surface area (Å²) in [5, 5.41) is 0.448. The summed E-state index contributed by atoms with van der Waals surface area (Å²) in [5.74, 6) is 0.748. The first kappa shape index (κ1) is 10.8. The summed E-state index contributed by atoms with van der Waals surface area (Å²) in [5.41, 5.74) is 8.09. The van der Waals surface area contributed by atoms with Crippen LogP contribution in [0.3, 0.4) is 0 Å². The lowest BCUT2D eigenvalue weighted by Crippen LogP contribution is -1.94. The fraction of sp³-hybridized carbons (Fsp3) is 0.0833. The Bertz CT molecular complexity index is 514. The number of pyridine rings is 1. The maximum Gasteiger partial charge on any atom is 0.126 e. The Morgan fingerprint density at radius 1 is 1.19 bits per heavy atom. The van der Waals surface area contributed by atoms with Crippen LogP contribution in [0.4, 0.5) is 5.69 Å². The molecule has 2 N–H and O–H groups in total. The highest BCUT2D eigenvalue weighted by atomic mass is 35.5. The average molecular weight is 235 g/mol. The molecule has 1 aromatic heterocycles. The van der Waals surface area contributed by atoms with Gasteiger partial charge in [0.2, 0.25) is 0 Å². The van der Waals surface area contributed by atoms with Crippen LogP contribution in [0.15, 0.2) is 36.7 Å². The van der Waals surface area contributed by atoms with E-state index in [4.69, 9.17) is 22.1 Å². The minimum Gasteiger partial charge on any atom is -0.496 e. The molecule has 1 heterocycles. The average Bonchev–Trinajstić information content (AvgIpc) is 2.33. The molecule has 0 aliphatic heterocycles. The number of aromatic nitrogens is 1. The predicted octanol–water partition coefficient (Wildman–Crippen LogP) is 2.99. The molecule has 0 saturated heterocycles. The Kier molecular flexibility index (Phi) is 2.97. The number of hydrogen-bond donors (Lipinski definition) is 1. The van der Waals surface area contributed by atoms with Gasteiger partial charge in [0.15, 0.2) is 0 Å². The number of ether oxygens (including phenoxy) is 1. The van der Waals surface area contributed by atoms with Crippen molar-refractivity contribution in [3.63, 3.8) is 0 Å². The van der Waals surface area contributed by atoms with Crippen LogP contribution in [0.1, 0.15) is 0 Å². The van der Waals surface area contributed by atoms with Gasteiger partial charge < -0.3 is 10.5 Å². The number of hydrogen-bond acceptors (Lipinski definition) is 3. The Balaban J connectivity index is 2.63. The summed E-state index contributed by atoms with van der Waals surface area (Å²) >= 11 is 5.93. The number of para-hydroxylation sites is 1. The zero-order valence-electron chi connectivity index (χ0n) is 8.77. The molecule has 0 fully saturated rings. The Labute approximate surface area is 98.8 Å². The van der Waals surface area contributed by atoms with E-state index in [-0.39, 0.29) is 0 Å². The molecule has 82 valence electrons. The van der Waals surface area contributed by atoms with E-state index in [1.54, 1.807) is 13.3 Å². The number of nitrogens with two attached hydrogens (primary N) is 1. The van der Waals surface area contributed by atoms with E-state index in [9.17, 15) is 0 Å². The van der Waals surface area contributed by atoms with Gasteiger partial charge in [-0.1, -0.05) is 29.8 Å². The smallest absolute Gasteiger partial charge is 0.126 e. The van der Waals surface area contributed by atoms with Crippen LogP contribution in [0.25, 0.3) is 11.1 Å². The van der Waals surface area contributed by atoms with Crippen LogP contribution in [0, 0.1) is 0 Å². The van der Waals surface area contributed by atoms with Gasteiger partial charge in [-0.15, -0.1) is 0 Å². The van der Waals surface area contributed by atoms with Gasteiger partial charge in [0.25, 0.3) is 0 Å². The predicted molar refractivity (Wildman–Crippen MR) is 65.6 cm³/mol. The lowest BCUT2D eigenvalue weighted by Gasteiger charge is -2.10. The van der Waals surface area contributed by atoms with Crippen molar-refractivity contribution in [3.8, 4) is 16.9 Å². The van der Waals surface area contributed by atoms with Crippen molar-refractivity contribution < 1.29 is 4.74 Å². The molecule has 0 amide bonds. The normalized spacial score (nSPS) is 10.1. The lowest BCUT2D eigenvalue weighted by atomic mass is 10.1. The molecule has 0 unspecified atom stereocenters. The summed E-state index contributed by atoms with van der Waals surface area (Å²) in [6.07, 6.45) is 3.20. The van der Waals surface area contributed by atoms with Crippen LogP contribution in [0.2, 0.25) is 5.02 Å². The van der Waals surface area contributed by atoms with Crippen LogP contribution in [-0.4, -0.2) is 12.1 Å². The minimum absolute atomic E-state index is 0.448. The number of rotatable bonds is 2. The van der Waals surface area contributed by atoms with Gasteiger partial charge in [0.1, 0.15) is 5.75 Å². The van der Waals surface area contributed by atoms with E-state index in [0.29, 0.717) is 10.7 Å². The molecule has 2 aromatic rings. The zero-order valence-corrected chi connectivity index (χ0v) is 9.53. The first-order valence-corrected chi connectivity index (χ1v) is 5.14. The van der Waals surface area contributed by atoms with E-state index in [0.717, 1.165) is 16.9 Å². The first-order chi connectivity index (χ1) is 7.74. The number of nitrogen functional groups attached to an aromatic ring is 1. The largest absolute Gasteiger partial charge is 0.496 e. The summed E-state index contributed by atoms with van der Waals surface area (Å²) in [6, 6.07) is 7.60. The third-order valence-electron chi connectivity index (χ3n) is 2.34. The molecule has 3 nitrogen and oxygen atoms in total. The molecule has 4 heteroatoms. The second-order valence-electron chi connectivity index (χ2n) is 3.28. The summed E-state index contributed by atoms with van der Waals surface area (Å²) in [4.78, 5) is 4.03.